The average Bonchev–Trinajstić information content (AvgIpc) is 2.53. The number of hydrogen-bond donors (Lipinski definition) is 1. The number of carbonyl (C=O) groups excluding carboxylic acids is 3. The molecule has 0 radical (unpaired) electrons. The number of nitrogens with one attached hydrogen (secondary N) is 1. The minimum atomic E-state index is -0.571. The van der Waals surface area contributed by atoms with Crippen molar-refractivity contribution >= 4 is 23.4 Å². The van der Waals surface area contributed by atoms with E-state index in [1.807, 2.05) is 44.2 Å². The maximum Gasteiger partial charge on any atom is 0.246 e. The Bertz CT molecular complexity index is 601. The van der Waals surface area contributed by atoms with Crippen molar-refractivity contribution in [1.29, 1.82) is 0 Å². The van der Waals surface area contributed by atoms with Crippen LogP contribution in [-0.2, 0) is 14.4 Å². The maximum atomic E-state index is 12.7. The summed E-state index contributed by atoms with van der Waals surface area (Å²) in [4.78, 5) is 39.7. The molecule has 1 aliphatic heterocycles. The van der Waals surface area contributed by atoms with Crippen LogP contribution in [0.1, 0.15) is 27.2 Å². The van der Waals surface area contributed by atoms with Crippen molar-refractivity contribution in [2.24, 2.45) is 5.92 Å². The lowest BCUT2D eigenvalue weighted by Gasteiger charge is -2.36. The molecule has 1 fully saturated rings. The molecule has 0 aliphatic carbocycles. The molecule has 1 unspecified atom stereocenters. The molecule has 1 heterocycles. The zero-order valence-electron chi connectivity index (χ0n) is 14.5. The zero-order valence-corrected chi connectivity index (χ0v) is 14.5. The van der Waals surface area contributed by atoms with Crippen LogP contribution < -0.4 is 10.2 Å². The molecule has 6 nitrogen and oxygen atoms in total. The summed E-state index contributed by atoms with van der Waals surface area (Å²) in [6, 6.07) is 8.87. The second-order valence-electron chi connectivity index (χ2n) is 6.52. The standard InChI is InChI=1S/C18H25N3O3/c1-13(2)11-16(19-14(3)22)18(24)20-9-10-21(17(23)12-20)15-7-5-4-6-8-15/h4-8,13,16H,9-12H2,1-3H3,(H,19,22). The van der Waals surface area contributed by atoms with Crippen LogP contribution in [-0.4, -0.2) is 48.3 Å². The summed E-state index contributed by atoms with van der Waals surface area (Å²) >= 11 is 0. The van der Waals surface area contributed by atoms with E-state index in [9.17, 15) is 14.4 Å². The van der Waals surface area contributed by atoms with Crippen molar-refractivity contribution in [3.8, 4) is 0 Å². The number of para-hydroxylation sites is 1. The number of anilines is 1. The van der Waals surface area contributed by atoms with Gasteiger partial charge in [0, 0.05) is 25.7 Å². The lowest BCUT2D eigenvalue weighted by Crippen LogP contribution is -2.57. The second-order valence-corrected chi connectivity index (χ2v) is 6.52. The van der Waals surface area contributed by atoms with E-state index in [2.05, 4.69) is 5.32 Å². The predicted molar refractivity (Wildman–Crippen MR) is 92.4 cm³/mol. The molecule has 0 aromatic heterocycles. The Morgan fingerprint density at radius 2 is 1.83 bits per heavy atom. The van der Waals surface area contributed by atoms with Gasteiger partial charge in [0.1, 0.15) is 12.6 Å². The Morgan fingerprint density at radius 3 is 2.38 bits per heavy atom. The number of amides is 3. The highest BCUT2D eigenvalue weighted by molar-refractivity contribution is 5.99. The van der Waals surface area contributed by atoms with E-state index in [4.69, 9.17) is 0 Å². The van der Waals surface area contributed by atoms with Crippen molar-refractivity contribution < 1.29 is 14.4 Å². The van der Waals surface area contributed by atoms with E-state index in [0.29, 0.717) is 19.5 Å². The lowest BCUT2D eigenvalue weighted by atomic mass is 10.0. The summed E-state index contributed by atoms with van der Waals surface area (Å²) in [5.41, 5.74) is 0.843. The Hall–Kier alpha value is -2.37. The molecular formula is C18H25N3O3. The third-order valence-electron chi connectivity index (χ3n) is 3.98. The van der Waals surface area contributed by atoms with Crippen LogP contribution in [0.3, 0.4) is 0 Å². The molecule has 3 amide bonds. The number of rotatable bonds is 5. The first-order valence-corrected chi connectivity index (χ1v) is 8.29. The lowest BCUT2D eigenvalue weighted by molar-refractivity contribution is -0.140. The predicted octanol–water partition coefficient (Wildman–Crippen LogP) is 1.41. The summed E-state index contributed by atoms with van der Waals surface area (Å²) in [5, 5.41) is 2.71. The monoisotopic (exact) mass is 331 g/mol. The highest BCUT2D eigenvalue weighted by Gasteiger charge is 2.32. The molecule has 2 rings (SSSR count). The van der Waals surface area contributed by atoms with E-state index in [-0.39, 0.29) is 30.2 Å². The van der Waals surface area contributed by atoms with Gasteiger partial charge >= 0.3 is 0 Å². The summed E-state index contributed by atoms with van der Waals surface area (Å²) in [6.07, 6.45) is 0.561. The first-order chi connectivity index (χ1) is 11.4. The number of carbonyl (C=O) groups is 3. The van der Waals surface area contributed by atoms with Crippen molar-refractivity contribution in [2.75, 3.05) is 24.5 Å². The third kappa shape index (κ3) is 4.57. The van der Waals surface area contributed by atoms with Gasteiger partial charge in [-0.3, -0.25) is 14.4 Å². The van der Waals surface area contributed by atoms with Gasteiger partial charge in [0.25, 0.3) is 0 Å². The molecule has 0 spiro atoms. The summed E-state index contributed by atoms with van der Waals surface area (Å²) in [5.74, 6) is -0.248. The van der Waals surface area contributed by atoms with Gasteiger partial charge in [-0.05, 0) is 24.5 Å². The van der Waals surface area contributed by atoms with Gasteiger partial charge in [0.05, 0.1) is 0 Å². The average molecular weight is 331 g/mol. The topological polar surface area (TPSA) is 69.7 Å². The Labute approximate surface area is 142 Å². The quantitative estimate of drug-likeness (QED) is 0.887. The molecule has 24 heavy (non-hydrogen) atoms. The molecule has 1 aliphatic rings. The number of nitrogens with zero attached hydrogens (tertiary/aromatic N) is 2. The molecule has 1 saturated heterocycles. The molecule has 1 atom stereocenters. The van der Waals surface area contributed by atoms with Crippen molar-refractivity contribution in [1.82, 2.24) is 10.2 Å². The van der Waals surface area contributed by atoms with Crippen molar-refractivity contribution in [3.63, 3.8) is 0 Å². The molecule has 1 aromatic carbocycles. The number of benzene rings is 1. The number of piperazine rings is 1. The first-order valence-electron chi connectivity index (χ1n) is 8.29. The van der Waals surface area contributed by atoms with Crippen LogP contribution in [0, 0.1) is 5.92 Å². The minimum absolute atomic E-state index is 0.0436. The van der Waals surface area contributed by atoms with E-state index in [1.165, 1.54) is 6.92 Å². The van der Waals surface area contributed by atoms with Gasteiger partial charge in [0.15, 0.2) is 0 Å². The van der Waals surface area contributed by atoms with Gasteiger partial charge in [-0.2, -0.15) is 0 Å². The summed E-state index contributed by atoms with van der Waals surface area (Å²) in [7, 11) is 0. The van der Waals surface area contributed by atoms with Gasteiger partial charge in [-0.1, -0.05) is 32.0 Å². The van der Waals surface area contributed by atoms with Crippen LogP contribution in [0.5, 0.6) is 0 Å². The molecule has 6 heteroatoms. The minimum Gasteiger partial charge on any atom is -0.345 e. The molecule has 0 saturated carbocycles. The van der Waals surface area contributed by atoms with E-state index >= 15 is 0 Å². The molecule has 1 aromatic rings. The van der Waals surface area contributed by atoms with Crippen LogP contribution >= 0.6 is 0 Å². The summed E-state index contributed by atoms with van der Waals surface area (Å²) < 4.78 is 0. The Kier molecular flexibility index (Phi) is 5.95. The van der Waals surface area contributed by atoms with Crippen LogP contribution in [0.15, 0.2) is 30.3 Å². The maximum absolute atomic E-state index is 12.7. The molecule has 1 N–H and O–H groups in total. The van der Waals surface area contributed by atoms with Crippen LogP contribution in [0.4, 0.5) is 5.69 Å². The number of hydrogen-bond acceptors (Lipinski definition) is 3. The van der Waals surface area contributed by atoms with E-state index in [0.717, 1.165) is 5.69 Å². The highest BCUT2D eigenvalue weighted by Crippen LogP contribution is 2.18. The smallest absolute Gasteiger partial charge is 0.246 e. The van der Waals surface area contributed by atoms with Crippen LogP contribution in [0.25, 0.3) is 0 Å². The van der Waals surface area contributed by atoms with Gasteiger partial charge < -0.3 is 15.1 Å². The normalized spacial score (nSPS) is 16.2. The fourth-order valence-electron chi connectivity index (χ4n) is 2.90. The summed E-state index contributed by atoms with van der Waals surface area (Å²) in [6.45, 7) is 6.37. The fourth-order valence-corrected chi connectivity index (χ4v) is 2.90. The van der Waals surface area contributed by atoms with E-state index < -0.39 is 6.04 Å². The zero-order chi connectivity index (χ0) is 17.7. The largest absolute Gasteiger partial charge is 0.345 e. The molecular weight excluding hydrogens is 306 g/mol. The molecule has 0 bridgehead atoms. The highest BCUT2D eigenvalue weighted by atomic mass is 16.2. The Morgan fingerprint density at radius 1 is 1.17 bits per heavy atom. The van der Waals surface area contributed by atoms with Crippen molar-refractivity contribution in [3.05, 3.63) is 30.3 Å². The van der Waals surface area contributed by atoms with Gasteiger partial charge in [-0.15, -0.1) is 0 Å². The van der Waals surface area contributed by atoms with E-state index in [1.54, 1.807) is 9.80 Å². The van der Waals surface area contributed by atoms with Gasteiger partial charge in [-0.25, -0.2) is 0 Å². The van der Waals surface area contributed by atoms with Crippen LogP contribution in [0.2, 0.25) is 0 Å². The SMILES string of the molecule is CC(=O)NC(CC(C)C)C(=O)N1CCN(c2ccccc2)C(=O)C1. The van der Waals surface area contributed by atoms with Crippen molar-refractivity contribution in [2.45, 2.75) is 33.2 Å². The first kappa shape index (κ1) is 18.0. The third-order valence-corrected chi connectivity index (χ3v) is 3.98. The Balaban J connectivity index is 2.04. The fraction of sp³-hybridized carbons (Fsp3) is 0.500. The second kappa shape index (κ2) is 7.95. The van der Waals surface area contributed by atoms with Gasteiger partial charge in [0.2, 0.25) is 17.7 Å². The molecule has 130 valence electrons.